The third-order valence-corrected chi connectivity index (χ3v) is 1.70. The van der Waals surface area contributed by atoms with Crippen LogP contribution in [0.3, 0.4) is 0 Å². The first-order chi connectivity index (χ1) is 7.75. The molecule has 0 aromatic heterocycles. The molecule has 0 saturated heterocycles. The number of aryl methyl sites for hydroxylation is 1. The zero-order valence-corrected chi connectivity index (χ0v) is 9.43. The molecule has 1 amide bonds. The van der Waals surface area contributed by atoms with Crippen molar-refractivity contribution in [3.63, 3.8) is 0 Å². The average Bonchev–Trinajstić information content (AvgIpc) is 2.15. The van der Waals surface area contributed by atoms with Crippen molar-refractivity contribution in [1.82, 2.24) is 0 Å². The van der Waals surface area contributed by atoms with Gasteiger partial charge in [0.05, 0.1) is 11.1 Å². The van der Waals surface area contributed by atoms with Gasteiger partial charge in [-0.25, -0.2) is 9.59 Å². The van der Waals surface area contributed by atoms with Crippen molar-refractivity contribution in [2.24, 2.45) is 5.73 Å². The molecule has 6 nitrogen and oxygen atoms in total. The van der Waals surface area contributed by atoms with Crippen molar-refractivity contribution in [1.29, 1.82) is 0 Å². The van der Waals surface area contributed by atoms with Crippen LogP contribution in [-0.2, 0) is 4.79 Å². The van der Waals surface area contributed by atoms with Gasteiger partial charge in [0.15, 0.2) is 0 Å². The number of carboxylic acid groups (broad SMARTS) is 2. The first-order valence-electron chi connectivity index (χ1n) is 4.59. The van der Waals surface area contributed by atoms with Gasteiger partial charge >= 0.3 is 11.9 Å². The fraction of sp³-hybridized carbons (Fsp3) is 0.182. The van der Waals surface area contributed by atoms with Crippen LogP contribution in [0.2, 0.25) is 0 Å². The van der Waals surface area contributed by atoms with Crippen molar-refractivity contribution < 1.29 is 24.6 Å². The lowest BCUT2D eigenvalue weighted by molar-refractivity contribution is -0.115. The van der Waals surface area contributed by atoms with E-state index in [1.54, 1.807) is 6.92 Å². The maximum absolute atomic E-state index is 10.6. The highest BCUT2D eigenvalue weighted by Gasteiger charge is 2.09. The second kappa shape index (κ2) is 6.26. The smallest absolute Gasteiger partial charge is 0.335 e. The normalized spacial score (nSPS) is 8.82. The summed E-state index contributed by atoms with van der Waals surface area (Å²) >= 11 is 0. The van der Waals surface area contributed by atoms with E-state index in [1.807, 2.05) is 0 Å². The number of amides is 1. The summed E-state index contributed by atoms with van der Waals surface area (Å²) in [6.07, 6.45) is 0. The summed E-state index contributed by atoms with van der Waals surface area (Å²) in [5.41, 5.74) is 5.15. The monoisotopic (exact) mass is 239 g/mol. The van der Waals surface area contributed by atoms with Crippen molar-refractivity contribution in [3.8, 4) is 0 Å². The molecule has 17 heavy (non-hydrogen) atoms. The van der Waals surface area contributed by atoms with Crippen molar-refractivity contribution in [3.05, 3.63) is 34.9 Å². The number of carbonyl (C=O) groups excluding carboxylic acids is 1. The predicted octanol–water partition coefficient (Wildman–Crippen LogP) is 0.883. The maximum atomic E-state index is 10.6. The molecular weight excluding hydrogens is 226 g/mol. The Balaban J connectivity index is 0.000000557. The Hall–Kier alpha value is -2.37. The van der Waals surface area contributed by atoms with Gasteiger partial charge in [-0.2, -0.15) is 0 Å². The summed E-state index contributed by atoms with van der Waals surface area (Å²) in [4.78, 5) is 30.3. The summed E-state index contributed by atoms with van der Waals surface area (Å²) in [5, 5.41) is 17.2. The molecule has 1 rings (SSSR count). The Morgan fingerprint density at radius 2 is 1.59 bits per heavy atom. The SMILES string of the molecule is CC(N)=O.Cc1cc(C(=O)O)ccc1C(=O)O. The number of carboxylic acids is 2. The molecule has 1 aromatic carbocycles. The van der Waals surface area contributed by atoms with E-state index in [2.05, 4.69) is 5.73 Å². The molecule has 4 N–H and O–H groups in total. The Morgan fingerprint density at radius 3 is 1.88 bits per heavy atom. The molecule has 0 bridgehead atoms. The minimum absolute atomic E-state index is 0.0995. The van der Waals surface area contributed by atoms with Crippen LogP contribution < -0.4 is 5.73 Å². The number of nitrogens with two attached hydrogens (primary N) is 1. The summed E-state index contributed by atoms with van der Waals surface area (Å²) in [6, 6.07) is 3.91. The summed E-state index contributed by atoms with van der Waals surface area (Å²) in [7, 11) is 0. The maximum Gasteiger partial charge on any atom is 0.335 e. The summed E-state index contributed by atoms with van der Waals surface area (Å²) < 4.78 is 0. The first kappa shape index (κ1) is 14.6. The van der Waals surface area contributed by atoms with Crippen LogP contribution in [0, 0.1) is 6.92 Å². The van der Waals surface area contributed by atoms with Crippen LogP contribution in [0.1, 0.15) is 33.2 Å². The van der Waals surface area contributed by atoms with Crippen LogP contribution >= 0.6 is 0 Å². The summed E-state index contributed by atoms with van der Waals surface area (Å²) in [6.45, 7) is 2.87. The first-order valence-corrected chi connectivity index (χ1v) is 4.59. The molecule has 0 aliphatic heterocycles. The lowest BCUT2D eigenvalue weighted by Crippen LogP contribution is -2.03. The molecule has 0 aliphatic carbocycles. The third kappa shape index (κ3) is 5.31. The molecule has 0 saturated carbocycles. The molecule has 0 radical (unpaired) electrons. The second-order valence-electron chi connectivity index (χ2n) is 3.25. The van der Waals surface area contributed by atoms with E-state index < -0.39 is 11.9 Å². The standard InChI is InChI=1S/C9H8O4.C2H5NO/c1-5-4-6(8(10)11)2-3-7(5)9(12)13;1-2(3)4/h2-4H,1H3,(H,10,11)(H,12,13);1H3,(H2,3,4). The molecule has 0 fully saturated rings. The predicted molar refractivity (Wildman–Crippen MR) is 60.0 cm³/mol. The number of aromatic carboxylic acids is 2. The molecule has 0 spiro atoms. The fourth-order valence-corrected chi connectivity index (χ4v) is 1.04. The molecule has 0 atom stereocenters. The van der Waals surface area contributed by atoms with Crippen molar-refractivity contribution in [2.45, 2.75) is 13.8 Å². The largest absolute Gasteiger partial charge is 0.478 e. The van der Waals surface area contributed by atoms with Gasteiger partial charge in [0.1, 0.15) is 0 Å². The third-order valence-electron chi connectivity index (χ3n) is 1.70. The van der Waals surface area contributed by atoms with E-state index >= 15 is 0 Å². The highest BCUT2D eigenvalue weighted by Crippen LogP contribution is 2.10. The topological polar surface area (TPSA) is 118 Å². The average molecular weight is 239 g/mol. The van der Waals surface area contributed by atoms with Crippen LogP contribution in [-0.4, -0.2) is 28.1 Å². The molecule has 0 aliphatic rings. The van der Waals surface area contributed by atoms with E-state index in [0.717, 1.165) is 0 Å². The Kier molecular flexibility index (Phi) is 5.39. The van der Waals surface area contributed by atoms with Gasteiger partial charge in [0.25, 0.3) is 0 Å². The van der Waals surface area contributed by atoms with Crippen LogP contribution in [0.15, 0.2) is 18.2 Å². The number of benzene rings is 1. The van der Waals surface area contributed by atoms with Gasteiger partial charge in [-0.05, 0) is 30.7 Å². The zero-order valence-electron chi connectivity index (χ0n) is 9.43. The zero-order chi connectivity index (χ0) is 13.6. The molecular formula is C11H13NO5. The quantitative estimate of drug-likeness (QED) is 0.708. The van der Waals surface area contributed by atoms with E-state index in [9.17, 15) is 14.4 Å². The van der Waals surface area contributed by atoms with Crippen LogP contribution in [0.5, 0.6) is 0 Å². The van der Waals surface area contributed by atoms with Crippen LogP contribution in [0.4, 0.5) is 0 Å². The number of hydrogen-bond donors (Lipinski definition) is 3. The second-order valence-corrected chi connectivity index (χ2v) is 3.25. The molecule has 1 aromatic rings. The van der Waals surface area contributed by atoms with Crippen molar-refractivity contribution >= 4 is 17.8 Å². The highest BCUT2D eigenvalue weighted by atomic mass is 16.4. The molecule has 6 heteroatoms. The molecule has 92 valence electrons. The van der Waals surface area contributed by atoms with Crippen LogP contribution in [0.25, 0.3) is 0 Å². The van der Waals surface area contributed by atoms with Gasteiger partial charge in [0.2, 0.25) is 5.91 Å². The molecule has 0 unspecified atom stereocenters. The van der Waals surface area contributed by atoms with E-state index in [4.69, 9.17) is 10.2 Å². The Bertz CT molecular complexity index is 449. The van der Waals surface area contributed by atoms with Gasteiger partial charge in [-0.1, -0.05) is 0 Å². The lowest BCUT2D eigenvalue weighted by atomic mass is 10.1. The van der Waals surface area contributed by atoms with Gasteiger partial charge in [-0.15, -0.1) is 0 Å². The van der Waals surface area contributed by atoms with Crippen molar-refractivity contribution in [2.75, 3.05) is 0 Å². The Labute approximate surface area is 97.7 Å². The Morgan fingerprint density at radius 1 is 1.12 bits per heavy atom. The minimum Gasteiger partial charge on any atom is -0.478 e. The van der Waals surface area contributed by atoms with E-state index in [1.165, 1.54) is 25.1 Å². The highest BCUT2D eigenvalue weighted by molar-refractivity contribution is 5.93. The number of carbonyl (C=O) groups is 3. The number of rotatable bonds is 2. The molecule has 0 heterocycles. The number of primary amides is 1. The van der Waals surface area contributed by atoms with Gasteiger partial charge in [0, 0.05) is 6.92 Å². The fourth-order valence-electron chi connectivity index (χ4n) is 1.04. The summed E-state index contributed by atoms with van der Waals surface area (Å²) in [5.74, 6) is -2.44. The van der Waals surface area contributed by atoms with E-state index in [-0.39, 0.29) is 17.0 Å². The van der Waals surface area contributed by atoms with Gasteiger partial charge < -0.3 is 15.9 Å². The number of hydrogen-bond acceptors (Lipinski definition) is 3. The lowest BCUT2D eigenvalue weighted by Gasteiger charge is -2.01. The van der Waals surface area contributed by atoms with Gasteiger partial charge in [-0.3, -0.25) is 4.79 Å². The minimum atomic E-state index is -1.06. The van der Waals surface area contributed by atoms with E-state index in [0.29, 0.717) is 5.56 Å².